The van der Waals surface area contributed by atoms with Crippen LogP contribution in [0.25, 0.3) is 0 Å². The van der Waals surface area contributed by atoms with Crippen molar-refractivity contribution in [3.8, 4) is 0 Å². The second kappa shape index (κ2) is 1.61. The molecule has 0 aromatic rings. The SMILES string of the molecule is NC1[CH]CCC1. The summed E-state index contributed by atoms with van der Waals surface area (Å²) < 4.78 is 0. The Morgan fingerprint density at radius 3 is 2.67 bits per heavy atom. The number of hydrogen-bond donors (Lipinski definition) is 1. The first-order chi connectivity index (χ1) is 2.89. The van der Waals surface area contributed by atoms with Crippen LogP contribution in [0.15, 0.2) is 0 Å². The van der Waals surface area contributed by atoms with Crippen LogP contribution in [0.2, 0.25) is 0 Å². The minimum absolute atomic E-state index is 0.421. The molecule has 6 heavy (non-hydrogen) atoms. The predicted molar refractivity (Wildman–Crippen MR) is 26.1 cm³/mol. The number of nitrogens with two attached hydrogens (primary N) is 1. The Bertz CT molecular complexity index is 37.2. The van der Waals surface area contributed by atoms with E-state index < -0.39 is 0 Å². The molecule has 1 atom stereocenters. The van der Waals surface area contributed by atoms with Gasteiger partial charge in [-0.1, -0.05) is 6.42 Å². The van der Waals surface area contributed by atoms with E-state index in [1.807, 2.05) is 0 Å². The Hall–Kier alpha value is -0.0400. The molecule has 0 aromatic carbocycles. The zero-order chi connectivity index (χ0) is 4.41. The van der Waals surface area contributed by atoms with E-state index in [-0.39, 0.29) is 0 Å². The van der Waals surface area contributed by atoms with E-state index in [2.05, 4.69) is 6.42 Å². The van der Waals surface area contributed by atoms with Crippen LogP contribution in [0.4, 0.5) is 0 Å². The van der Waals surface area contributed by atoms with Gasteiger partial charge in [0, 0.05) is 6.04 Å². The lowest BCUT2D eigenvalue weighted by Gasteiger charge is -1.92. The van der Waals surface area contributed by atoms with Gasteiger partial charge in [0.2, 0.25) is 0 Å². The zero-order valence-corrected chi connectivity index (χ0v) is 3.85. The van der Waals surface area contributed by atoms with Crippen LogP contribution in [0, 0.1) is 6.42 Å². The minimum Gasteiger partial charge on any atom is -0.327 e. The summed E-state index contributed by atoms with van der Waals surface area (Å²) in [5, 5.41) is 0. The second-order valence-corrected chi connectivity index (χ2v) is 1.83. The van der Waals surface area contributed by atoms with Crippen LogP contribution in [-0.2, 0) is 0 Å². The summed E-state index contributed by atoms with van der Waals surface area (Å²) in [6.07, 6.45) is 5.93. The summed E-state index contributed by atoms with van der Waals surface area (Å²) in [6.45, 7) is 0. The smallest absolute Gasteiger partial charge is 0.00703 e. The average molecular weight is 84.1 g/mol. The maximum absolute atomic E-state index is 5.48. The second-order valence-electron chi connectivity index (χ2n) is 1.83. The molecule has 1 aliphatic carbocycles. The van der Waals surface area contributed by atoms with Gasteiger partial charge in [0.05, 0.1) is 0 Å². The van der Waals surface area contributed by atoms with Crippen molar-refractivity contribution >= 4 is 0 Å². The molecule has 1 unspecified atom stereocenters. The summed E-state index contributed by atoms with van der Waals surface area (Å²) in [5.41, 5.74) is 5.48. The Balaban J connectivity index is 2.18. The molecule has 0 amide bonds. The molecule has 2 N–H and O–H groups in total. The van der Waals surface area contributed by atoms with E-state index in [1.54, 1.807) is 0 Å². The standard InChI is InChI=1S/C5H10N/c6-5-3-1-2-4-5/h3,5H,1-2,4,6H2. The molecule has 0 bridgehead atoms. The minimum atomic E-state index is 0.421. The summed E-state index contributed by atoms with van der Waals surface area (Å²) in [5.74, 6) is 0. The Morgan fingerprint density at radius 1 is 1.67 bits per heavy atom. The molecule has 1 heteroatoms. The fourth-order valence-electron chi connectivity index (χ4n) is 0.803. The van der Waals surface area contributed by atoms with Crippen molar-refractivity contribution in [3.05, 3.63) is 6.42 Å². The lowest BCUT2D eigenvalue weighted by atomic mass is 10.3. The lowest BCUT2D eigenvalue weighted by molar-refractivity contribution is 0.772. The van der Waals surface area contributed by atoms with Crippen molar-refractivity contribution in [3.63, 3.8) is 0 Å². The molecule has 0 spiro atoms. The highest BCUT2D eigenvalue weighted by Crippen LogP contribution is 2.13. The highest BCUT2D eigenvalue weighted by molar-refractivity contribution is 4.85. The molecule has 1 fully saturated rings. The van der Waals surface area contributed by atoms with Crippen LogP contribution >= 0.6 is 0 Å². The molecule has 35 valence electrons. The molecule has 1 rings (SSSR count). The van der Waals surface area contributed by atoms with Gasteiger partial charge < -0.3 is 5.73 Å². The predicted octanol–water partition coefficient (Wildman–Crippen LogP) is 0.702. The van der Waals surface area contributed by atoms with Crippen LogP contribution < -0.4 is 5.73 Å². The Kier molecular flexibility index (Phi) is 1.10. The molecule has 1 saturated carbocycles. The van der Waals surface area contributed by atoms with E-state index >= 15 is 0 Å². The fourth-order valence-corrected chi connectivity index (χ4v) is 0.803. The van der Waals surface area contributed by atoms with Crippen LogP contribution in [0.1, 0.15) is 19.3 Å². The molecule has 1 nitrogen and oxygen atoms in total. The molecular formula is C5H10N. The van der Waals surface area contributed by atoms with Crippen LogP contribution in [-0.4, -0.2) is 6.04 Å². The summed E-state index contributed by atoms with van der Waals surface area (Å²) >= 11 is 0. The highest BCUT2D eigenvalue weighted by atomic mass is 14.6. The molecule has 0 heterocycles. The quantitative estimate of drug-likeness (QED) is 0.459. The van der Waals surface area contributed by atoms with Crippen molar-refractivity contribution in [2.75, 3.05) is 0 Å². The maximum Gasteiger partial charge on any atom is 0.00703 e. The summed E-state index contributed by atoms with van der Waals surface area (Å²) in [6, 6.07) is 0.421. The first kappa shape index (κ1) is 4.13. The van der Waals surface area contributed by atoms with Gasteiger partial charge in [-0.2, -0.15) is 0 Å². The number of rotatable bonds is 0. The van der Waals surface area contributed by atoms with Crippen molar-refractivity contribution in [2.24, 2.45) is 5.73 Å². The molecule has 0 aromatic heterocycles. The van der Waals surface area contributed by atoms with Gasteiger partial charge in [-0.25, -0.2) is 0 Å². The van der Waals surface area contributed by atoms with Gasteiger partial charge in [0.25, 0.3) is 0 Å². The van der Waals surface area contributed by atoms with Gasteiger partial charge in [-0.3, -0.25) is 0 Å². The average Bonchev–Trinajstić information content (AvgIpc) is 1.86. The molecule has 0 aliphatic heterocycles. The molecular weight excluding hydrogens is 74.1 g/mol. The third-order valence-electron chi connectivity index (χ3n) is 1.21. The highest BCUT2D eigenvalue weighted by Gasteiger charge is 2.08. The van der Waals surface area contributed by atoms with Gasteiger partial charge in [-0.05, 0) is 19.3 Å². The van der Waals surface area contributed by atoms with Crippen LogP contribution in [0.3, 0.4) is 0 Å². The Morgan fingerprint density at radius 2 is 2.50 bits per heavy atom. The molecule has 1 radical (unpaired) electrons. The van der Waals surface area contributed by atoms with Gasteiger partial charge in [-0.15, -0.1) is 0 Å². The summed E-state index contributed by atoms with van der Waals surface area (Å²) in [7, 11) is 0. The normalized spacial score (nSPS) is 25.5. The van der Waals surface area contributed by atoms with Gasteiger partial charge >= 0.3 is 0 Å². The molecule has 1 aliphatic rings. The Labute approximate surface area is 38.5 Å². The van der Waals surface area contributed by atoms with E-state index in [1.165, 1.54) is 19.3 Å². The van der Waals surface area contributed by atoms with E-state index in [4.69, 9.17) is 5.73 Å². The van der Waals surface area contributed by atoms with Crippen molar-refractivity contribution in [2.45, 2.75) is 25.3 Å². The first-order valence-corrected chi connectivity index (χ1v) is 2.48. The largest absolute Gasteiger partial charge is 0.327 e. The first-order valence-electron chi connectivity index (χ1n) is 2.48. The zero-order valence-electron chi connectivity index (χ0n) is 3.85. The monoisotopic (exact) mass is 84.1 g/mol. The van der Waals surface area contributed by atoms with Gasteiger partial charge in [0.1, 0.15) is 0 Å². The topological polar surface area (TPSA) is 26.0 Å². The van der Waals surface area contributed by atoms with E-state index in [0.717, 1.165) is 0 Å². The summed E-state index contributed by atoms with van der Waals surface area (Å²) in [4.78, 5) is 0. The van der Waals surface area contributed by atoms with Crippen molar-refractivity contribution in [1.82, 2.24) is 0 Å². The fraction of sp³-hybridized carbons (Fsp3) is 0.800. The van der Waals surface area contributed by atoms with E-state index in [0.29, 0.717) is 6.04 Å². The lowest BCUT2D eigenvalue weighted by Crippen LogP contribution is -2.13. The maximum atomic E-state index is 5.48. The van der Waals surface area contributed by atoms with Gasteiger partial charge in [0.15, 0.2) is 0 Å². The number of hydrogen-bond acceptors (Lipinski definition) is 1. The molecule has 0 saturated heterocycles. The third kappa shape index (κ3) is 0.716. The van der Waals surface area contributed by atoms with Crippen LogP contribution in [0.5, 0.6) is 0 Å². The third-order valence-corrected chi connectivity index (χ3v) is 1.21. The van der Waals surface area contributed by atoms with E-state index in [9.17, 15) is 0 Å². The van der Waals surface area contributed by atoms with Crippen molar-refractivity contribution < 1.29 is 0 Å². The van der Waals surface area contributed by atoms with Crippen molar-refractivity contribution in [1.29, 1.82) is 0 Å².